The minimum atomic E-state index is -1.46. The van der Waals surface area contributed by atoms with Gasteiger partial charge in [0.1, 0.15) is 18.3 Å². The number of hydrogen-bond acceptors (Lipinski definition) is 8. The van der Waals surface area contributed by atoms with Gasteiger partial charge in [0.15, 0.2) is 6.04 Å². The van der Waals surface area contributed by atoms with E-state index >= 15 is 0 Å². The van der Waals surface area contributed by atoms with Crippen molar-refractivity contribution in [1.29, 1.82) is 0 Å². The van der Waals surface area contributed by atoms with E-state index in [0.717, 1.165) is 19.3 Å². The van der Waals surface area contributed by atoms with Crippen molar-refractivity contribution in [2.45, 2.75) is 91.9 Å². The number of rotatable bonds is 12. The van der Waals surface area contributed by atoms with Crippen molar-refractivity contribution in [2.24, 2.45) is 11.8 Å². The highest BCUT2D eigenvalue weighted by Crippen LogP contribution is 2.21. The second-order valence-electron chi connectivity index (χ2n) is 8.54. The molecule has 0 bridgehead atoms. The molecule has 0 spiro atoms. The van der Waals surface area contributed by atoms with Crippen LogP contribution in [-0.2, 0) is 23.8 Å². The van der Waals surface area contributed by atoms with Crippen molar-refractivity contribution in [2.75, 3.05) is 6.61 Å². The largest absolute Gasteiger partial charge is 0.528 e. The van der Waals surface area contributed by atoms with E-state index in [4.69, 9.17) is 19.3 Å². The van der Waals surface area contributed by atoms with Crippen molar-refractivity contribution in [3.63, 3.8) is 0 Å². The molecule has 0 aliphatic carbocycles. The molecule has 9 heteroatoms. The highest BCUT2D eigenvalue weighted by molar-refractivity contribution is 5.74. The minimum Gasteiger partial charge on any atom is -0.480 e. The zero-order valence-corrected chi connectivity index (χ0v) is 18.6. The lowest BCUT2D eigenvalue weighted by atomic mass is 9.90. The van der Waals surface area contributed by atoms with Crippen LogP contribution < -0.4 is 5.48 Å². The number of carboxylic acids is 1. The SMILES string of the molecule is CCCC(C)CC(C)CC(C)OC(=O)OCC(NOC(=O)OC(C)(C)C)C(=O)O. The van der Waals surface area contributed by atoms with E-state index in [9.17, 15) is 14.4 Å². The molecule has 0 radical (unpaired) electrons. The highest BCUT2D eigenvalue weighted by atomic mass is 16.8. The zero-order valence-electron chi connectivity index (χ0n) is 18.6. The Morgan fingerprint density at radius 2 is 1.62 bits per heavy atom. The first-order chi connectivity index (χ1) is 13.3. The first kappa shape index (κ1) is 27.0. The molecule has 9 nitrogen and oxygen atoms in total. The van der Waals surface area contributed by atoms with Crippen LogP contribution in [0.4, 0.5) is 9.59 Å². The van der Waals surface area contributed by atoms with Gasteiger partial charge in [-0.3, -0.25) is 4.79 Å². The summed E-state index contributed by atoms with van der Waals surface area (Å²) >= 11 is 0. The maximum Gasteiger partial charge on any atom is 0.528 e. The van der Waals surface area contributed by atoms with Gasteiger partial charge in [0.25, 0.3) is 0 Å². The van der Waals surface area contributed by atoms with E-state index in [2.05, 4.69) is 25.6 Å². The Morgan fingerprint density at radius 3 is 2.14 bits per heavy atom. The summed E-state index contributed by atoms with van der Waals surface area (Å²) < 4.78 is 14.9. The van der Waals surface area contributed by atoms with Gasteiger partial charge in [-0.05, 0) is 52.4 Å². The fraction of sp³-hybridized carbons (Fsp3) is 0.850. The predicted molar refractivity (Wildman–Crippen MR) is 106 cm³/mol. The van der Waals surface area contributed by atoms with Crippen molar-refractivity contribution >= 4 is 18.3 Å². The Kier molecular flexibility index (Phi) is 12.3. The van der Waals surface area contributed by atoms with Gasteiger partial charge in [-0.2, -0.15) is 0 Å². The molecule has 29 heavy (non-hydrogen) atoms. The molecule has 2 N–H and O–H groups in total. The van der Waals surface area contributed by atoms with Gasteiger partial charge < -0.3 is 24.2 Å². The summed E-state index contributed by atoms with van der Waals surface area (Å²) in [5.74, 6) is -0.371. The molecular weight excluding hydrogens is 382 g/mol. The van der Waals surface area contributed by atoms with Gasteiger partial charge in [0.2, 0.25) is 0 Å². The normalized spacial score (nSPS) is 15.6. The molecule has 0 aromatic heterocycles. The summed E-state index contributed by atoms with van der Waals surface area (Å²) in [6.07, 6.45) is 1.61. The van der Waals surface area contributed by atoms with Crippen LogP contribution in [-0.4, -0.2) is 47.7 Å². The van der Waals surface area contributed by atoms with Gasteiger partial charge >= 0.3 is 18.3 Å². The average molecular weight is 420 g/mol. The Hall–Kier alpha value is -2.03. The van der Waals surface area contributed by atoms with Crippen LogP contribution in [0.25, 0.3) is 0 Å². The zero-order chi connectivity index (χ0) is 22.6. The number of carboxylic acid groups (broad SMARTS) is 1. The standard InChI is InChI=1S/C20H37NO8/c1-8-9-13(2)10-14(3)11-15(4)27-18(24)26-12-16(17(22)23)21-29-19(25)28-20(5,6)7/h13-16,21H,8-12H2,1-7H3,(H,22,23). The summed E-state index contributed by atoms with van der Waals surface area (Å²) in [6, 6.07) is -1.46. The summed E-state index contributed by atoms with van der Waals surface area (Å²) in [4.78, 5) is 39.0. The monoisotopic (exact) mass is 419 g/mol. The van der Waals surface area contributed by atoms with Crippen LogP contribution in [0, 0.1) is 11.8 Å². The molecule has 0 aromatic carbocycles. The summed E-state index contributed by atoms with van der Waals surface area (Å²) in [5.41, 5.74) is 1.22. The van der Waals surface area contributed by atoms with Crippen molar-refractivity contribution in [1.82, 2.24) is 5.48 Å². The minimum absolute atomic E-state index is 0.361. The Labute approximate surface area is 173 Å². The molecule has 4 atom stereocenters. The quantitative estimate of drug-likeness (QED) is 0.352. The number of carbonyl (C=O) groups is 3. The van der Waals surface area contributed by atoms with Crippen LogP contribution in [0.2, 0.25) is 0 Å². The highest BCUT2D eigenvalue weighted by Gasteiger charge is 2.25. The van der Waals surface area contributed by atoms with Crippen molar-refractivity contribution in [3.8, 4) is 0 Å². The van der Waals surface area contributed by atoms with Gasteiger partial charge in [0, 0.05) is 0 Å². The van der Waals surface area contributed by atoms with Gasteiger partial charge in [0.05, 0.1) is 0 Å². The van der Waals surface area contributed by atoms with Crippen LogP contribution in [0.5, 0.6) is 0 Å². The summed E-state index contributed by atoms with van der Waals surface area (Å²) in [6.45, 7) is 12.6. The molecule has 0 fully saturated rings. The molecule has 0 saturated carbocycles. The average Bonchev–Trinajstić information content (AvgIpc) is 2.52. The number of hydrogen-bond donors (Lipinski definition) is 2. The van der Waals surface area contributed by atoms with E-state index in [1.54, 1.807) is 27.7 Å². The Morgan fingerprint density at radius 1 is 1.00 bits per heavy atom. The van der Waals surface area contributed by atoms with Crippen LogP contribution in [0.1, 0.15) is 74.1 Å². The molecule has 0 saturated heterocycles. The number of carbonyl (C=O) groups excluding carboxylic acids is 2. The first-order valence-electron chi connectivity index (χ1n) is 10.1. The third-order valence-electron chi connectivity index (χ3n) is 3.96. The number of ether oxygens (including phenoxy) is 3. The lowest BCUT2D eigenvalue weighted by Gasteiger charge is -2.21. The number of hydroxylamine groups is 1. The molecule has 170 valence electrons. The molecule has 4 unspecified atom stereocenters. The van der Waals surface area contributed by atoms with Gasteiger partial charge in [-0.15, -0.1) is 5.48 Å². The van der Waals surface area contributed by atoms with Gasteiger partial charge in [-0.25, -0.2) is 9.59 Å². The second kappa shape index (κ2) is 13.2. The lowest BCUT2D eigenvalue weighted by molar-refractivity contribution is -0.145. The molecule has 0 aliphatic rings. The number of nitrogens with one attached hydrogen (secondary N) is 1. The van der Waals surface area contributed by atoms with E-state index in [0.29, 0.717) is 18.3 Å². The lowest BCUT2D eigenvalue weighted by Crippen LogP contribution is -2.43. The third-order valence-corrected chi connectivity index (χ3v) is 3.96. The molecule has 0 aromatic rings. The van der Waals surface area contributed by atoms with E-state index in [-0.39, 0.29) is 6.10 Å². The molecular formula is C20H37NO8. The van der Waals surface area contributed by atoms with Crippen molar-refractivity contribution in [3.05, 3.63) is 0 Å². The summed E-state index contributed by atoms with van der Waals surface area (Å²) in [5, 5.41) is 9.13. The van der Waals surface area contributed by atoms with Gasteiger partial charge in [-0.1, -0.05) is 33.6 Å². The van der Waals surface area contributed by atoms with E-state index < -0.39 is 36.5 Å². The number of aliphatic carboxylic acids is 1. The molecule has 0 amide bonds. The second-order valence-corrected chi connectivity index (χ2v) is 8.54. The smallest absolute Gasteiger partial charge is 0.480 e. The topological polar surface area (TPSA) is 120 Å². The Bertz CT molecular complexity index is 517. The predicted octanol–water partition coefficient (Wildman–Crippen LogP) is 4.29. The van der Waals surface area contributed by atoms with Crippen LogP contribution in [0.3, 0.4) is 0 Å². The third kappa shape index (κ3) is 14.6. The van der Waals surface area contributed by atoms with E-state index in [1.165, 1.54) is 0 Å². The van der Waals surface area contributed by atoms with Crippen LogP contribution in [0.15, 0.2) is 0 Å². The maximum absolute atomic E-state index is 11.8. The first-order valence-corrected chi connectivity index (χ1v) is 10.1. The fourth-order valence-electron chi connectivity index (χ4n) is 2.90. The van der Waals surface area contributed by atoms with E-state index in [1.807, 2.05) is 5.48 Å². The van der Waals surface area contributed by atoms with Crippen molar-refractivity contribution < 1.29 is 38.5 Å². The van der Waals surface area contributed by atoms with Crippen LogP contribution >= 0.6 is 0 Å². The maximum atomic E-state index is 11.8. The fourth-order valence-corrected chi connectivity index (χ4v) is 2.90. The molecule has 0 aliphatic heterocycles. The summed E-state index contributed by atoms with van der Waals surface area (Å²) in [7, 11) is 0. The Balaban J connectivity index is 4.31. The molecule has 0 rings (SSSR count). The molecule has 0 heterocycles.